The lowest BCUT2D eigenvalue weighted by molar-refractivity contribution is -0.385. The van der Waals surface area contributed by atoms with Gasteiger partial charge in [-0.25, -0.2) is 0 Å². The first-order valence-corrected chi connectivity index (χ1v) is 3.82. The third-order valence-corrected chi connectivity index (χ3v) is 1.78. The molecule has 0 N–H and O–H groups in total. The van der Waals surface area contributed by atoms with Gasteiger partial charge in [0.25, 0.3) is 5.69 Å². The maximum atomic E-state index is 10.5. The van der Waals surface area contributed by atoms with E-state index in [0.717, 1.165) is 5.56 Å². The van der Waals surface area contributed by atoms with Gasteiger partial charge in [0.2, 0.25) is 0 Å². The molecule has 0 radical (unpaired) electrons. The van der Waals surface area contributed by atoms with Gasteiger partial charge in [0.1, 0.15) is 0 Å². The van der Waals surface area contributed by atoms with Crippen LogP contribution in [0.15, 0.2) is 18.2 Å². The Bertz CT molecular complexity index is 377. The Labute approximate surface area is 76.5 Å². The van der Waals surface area contributed by atoms with Crippen LogP contribution >= 0.6 is 0 Å². The molecule has 0 saturated carbocycles. The summed E-state index contributed by atoms with van der Waals surface area (Å²) in [6.45, 7) is 1.71. The van der Waals surface area contributed by atoms with Crippen LogP contribution in [0.2, 0.25) is 0 Å². The minimum Gasteiger partial charge on any atom is -0.258 e. The molecule has 0 aliphatic rings. The van der Waals surface area contributed by atoms with Gasteiger partial charge in [-0.05, 0) is 12.5 Å². The summed E-state index contributed by atoms with van der Waals surface area (Å²) >= 11 is 0. The Morgan fingerprint density at radius 1 is 1.62 bits per heavy atom. The van der Waals surface area contributed by atoms with Gasteiger partial charge >= 0.3 is 0 Å². The number of nitro groups is 1. The zero-order chi connectivity index (χ0) is 9.84. The molecule has 0 aliphatic heterocycles. The van der Waals surface area contributed by atoms with Gasteiger partial charge in [-0.2, -0.15) is 0 Å². The zero-order valence-corrected chi connectivity index (χ0v) is 7.28. The van der Waals surface area contributed by atoms with Crippen molar-refractivity contribution >= 4 is 5.69 Å². The summed E-state index contributed by atoms with van der Waals surface area (Å²) in [7, 11) is 0. The quantitative estimate of drug-likeness (QED) is 0.392. The number of terminal acetylenes is 1. The highest BCUT2D eigenvalue weighted by Gasteiger charge is 2.09. The zero-order valence-electron chi connectivity index (χ0n) is 7.28. The van der Waals surface area contributed by atoms with Gasteiger partial charge in [-0.15, -0.1) is 12.3 Å². The maximum Gasteiger partial charge on any atom is 0.272 e. The second kappa shape index (κ2) is 3.72. The highest BCUT2D eigenvalue weighted by molar-refractivity contribution is 5.43. The van der Waals surface area contributed by atoms with E-state index in [-0.39, 0.29) is 5.69 Å². The Morgan fingerprint density at radius 3 is 2.85 bits per heavy atom. The second-order valence-corrected chi connectivity index (χ2v) is 2.76. The average Bonchev–Trinajstić information content (AvgIpc) is 2.08. The lowest BCUT2D eigenvalue weighted by atomic mass is 10.1. The van der Waals surface area contributed by atoms with Crippen LogP contribution < -0.4 is 0 Å². The third kappa shape index (κ3) is 2.06. The maximum absolute atomic E-state index is 10.5. The molecule has 0 amide bonds. The van der Waals surface area contributed by atoms with Crippen LogP contribution in [-0.2, 0) is 6.42 Å². The molecule has 0 saturated heterocycles. The lowest BCUT2D eigenvalue weighted by Gasteiger charge is -1.98. The summed E-state index contributed by atoms with van der Waals surface area (Å²) in [6.07, 6.45) is 5.54. The first kappa shape index (κ1) is 9.27. The Morgan fingerprint density at radius 2 is 2.31 bits per heavy atom. The van der Waals surface area contributed by atoms with Crippen LogP contribution in [0.5, 0.6) is 0 Å². The Kier molecular flexibility index (Phi) is 2.65. The van der Waals surface area contributed by atoms with E-state index >= 15 is 0 Å². The molecule has 0 heterocycles. The molecule has 1 rings (SSSR count). The number of nitro benzene ring substituents is 1. The fourth-order valence-corrected chi connectivity index (χ4v) is 1.08. The van der Waals surface area contributed by atoms with Crippen molar-refractivity contribution in [2.24, 2.45) is 0 Å². The summed E-state index contributed by atoms with van der Waals surface area (Å²) in [6, 6.07) is 5.04. The second-order valence-electron chi connectivity index (χ2n) is 2.76. The summed E-state index contributed by atoms with van der Waals surface area (Å²) in [5, 5.41) is 10.5. The standard InChI is InChI=1S/C10H9NO2/c1-3-4-9-6-5-8(2)10(7-9)11(12)13/h1,5-7H,4H2,2H3. The Hall–Kier alpha value is -1.82. The van der Waals surface area contributed by atoms with E-state index in [1.54, 1.807) is 13.0 Å². The van der Waals surface area contributed by atoms with Crippen molar-refractivity contribution in [2.45, 2.75) is 13.3 Å². The highest BCUT2D eigenvalue weighted by Crippen LogP contribution is 2.19. The molecular weight excluding hydrogens is 166 g/mol. The van der Waals surface area contributed by atoms with Crippen molar-refractivity contribution in [1.82, 2.24) is 0 Å². The highest BCUT2D eigenvalue weighted by atomic mass is 16.6. The van der Waals surface area contributed by atoms with E-state index in [4.69, 9.17) is 6.42 Å². The topological polar surface area (TPSA) is 43.1 Å². The van der Waals surface area contributed by atoms with Crippen molar-refractivity contribution in [1.29, 1.82) is 0 Å². The normalized spacial score (nSPS) is 9.23. The minimum atomic E-state index is -0.394. The summed E-state index contributed by atoms with van der Waals surface area (Å²) in [5.41, 5.74) is 1.60. The van der Waals surface area contributed by atoms with Crippen LogP contribution in [-0.4, -0.2) is 4.92 Å². The van der Waals surface area contributed by atoms with Crippen LogP contribution in [0.3, 0.4) is 0 Å². The first-order valence-electron chi connectivity index (χ1n) is 3.82. The van der Waals surface area contributed by atoms with Crippen molar-refractivity contribution in [3.05, 3.63) is 39.4 Å². The molecule has 3 nitrogen and oxygen atoms in total. The fraction of sp³-hybridized carbons (Fsp3) is 0.200. The molecule has 66 valence electrons. The van der Waals surface area contributed by atoms with Gasteiger partial charge in [0.05, 0.1) is 4.92 Å². The van der Waals surface area contributed by atoms with Crippen LogP contribution in [0, 0.1) is 29.4 Å². The molecule has 1 aromatic carbocycles. The molecule has 0 unspecified atom stereocenters. The van der Waals surface area contributed by atoms with E-state index in [2.05, 4.69) is 5.92 Å². The lowest BCUT2D eigenvalue weighted by Crippen LogP contribution is -1.93. The summed E-state index contributed by atoms with van der Waals surface area (Å²) in [4.78, 5) is 10.1. The predicted molar refractivity (Wildman–Crippen MR) is 50.4 cm³/mol. The van der Waals surface area contributed by atoms with Crippen LogP contribution in [0.1, 0.15) is 11.1 Å². The fourth-order valence-electron chi connectivity index (χ4n) is 1.08. The van der Waals surface area contributed by atoms with E-state index in [9.17, 15) is 10.1 Å². The van der Waals surface area contributed by atoms with Crippen LogP contribution in [0.4, 0.5) is 5.69 Å². The smallest absolute Gasteiger partial charge is 0.258 e. The van der Waals surface area contributed by atoms with Gasteiger partial charge in [0, 0.05) is 18.1 Å². The number of nitrogens with zero attached hydrogens (tertiary/aromatic N) is 1. The van der Waals surface area contributed by atoms with E-state index in [1.807, 2.05) is 6.07 Å². The molecule has 0 bridgehead atoms. The van der Waals surface area contributed by atoms with Crippen molar-refractivity contribution in [2.75, 3.05) is 0 Å². The Balaban J connectivity index is 3.13. The first-order chi connectivity index (χ1) is 6.15. The molecule has 0 aromatic heterocycles. The predicted octanol–water partition coefficient (Wildman–Crippen LogP) is 2.08. The number of aryl methyl sites for hydroxylation is 1. The number of hydrogen-bond acceptors (Lipinski definition) is 2. The molecule has 0 spiro atoms. The van der Waals surface area contributed by atoms with Crippen LogP contribution in [0.25, 0.3) is 0 Å². The van der Waals surface area contributed by atoms with Gasteiger partial charge in [-0.1, -0.05) is 12.1 Å². The van der Waals surface area contributed by atoms with E-state index in [0.29, 0.717) is 12.0 Å². The van der Waals surface area contributed by atoms with Gasteiger partial charge in [0.15, 0.2) is 0 Å². The molecule has 13 heavy (non-hydrogen) atoms. The summed E-state index contributed by atoms with van der Waals surface area (Å²) < 4.78 is 0. The van der Waals surface area contributed by atoms with Gasteiger partial charge < -0.3 is 0 Å². The average molecular weight is 175 g/mol. The van der Waals surface area contributed by atoms with E-state index < -0.39 is 4.92 Å². The summed E-state index contributed by atoms with van der Waals surface area (Å²) in [5.74, 6) is 2.45. The van der Waals surface area contributed by atoms with Gasteiger partial charge in [-0.3, -0.25) is 10.1 Å². The largest absolute Gasteiger partial charge is 0.272 e. The molecule has 3 heteroatoms. The van der Waals surface area contributed by atoms with E-state index in [1.165, 1.54) is 6.07 Å². The number of rotatable bonds is 2. The SMILES string of the molecule is C#CCc1ccc(C)c([N+](=O)[O-])c1. The molecule has 0 atom stereocenters. The third-order valence-electron chi connectivity index (χ3n) is 1.78. The minimum absolute atomic E-state index is 0.132. The number of hydrogen-bond donors (Lipinski definition) is 0. The molecule has 0 aliphatic carbocycles. The van der Waals surface area contributed by atoms with Crippen molar-refractivity contribution in [3.8, 4) is 12.3 Å². The molecule has 1 aromatic rings. The molecule has 0 fully saturated rings. The number of benzene rings is 1. The van der Waals surface area contributed by atoms with Crippen molar-refractivity contribution in [3.63, 3.8) is 0 Å². The molecular formula is C10H9NO2. The van der Waals surface area contributed by atoms with Crippen molar-refractivity contribution < 1.29 is 4.92 Å². The monoisotopic (exact) mass is 175 g/mol.